The van der Waals surface area contributed by atoms with Crippen LogP contribution in [0.15, 0.2) is 84.0 Å². The van der Waals surface area contributed by atoms with Gasteiger partial charge in [-0.2, -0.15) is 0 Å². The largest absolute Gasteiger partial charge is 0.480 e. The lowest BCUT2D eigenvalue weighted by Gasteiger charge is -2.20. The standard InChI is InChI=1S/C29H28ClN5O3/c1-36-18-21(37-2)17-32-24-16-28-26(15-25(24)34-23-8-6-14-31-29(23)38-3)33-22-7-4-5-9-27(22)35(28)20-12-10-19(30)11-13-20/h4-16,21,34H,17-18H2,1-3H3. The zero-order valence-corrected chi connectivity index (χ0v) is 22.1. The van der Waals surface area contributed by atoms with Crippen LogP contribution in [0.1, 0.15) is 0 Å². The van der Waals surface area contributed by atoms with Crippen molar-refractivity contribution >= 4 is 34.0 Å². The van der Waals surface area contributed by atoms with Gasteiger partial charge in [0.1, 0.15) is 5.69 Å². The molecule has 1 aromatic heterocycles. The lowest BCUT2D eigenvalue weighted by atomic mass is 10.1. The quantitative estimate of drug-likeness (QED) is 0.254. The fraction of sp³-hybridized carbons (Fsp3) is 0.207. The molecule has 2 heterocycles. The number of fused-ring (bicyclic) bond motifs is 2. The molecule has 1 aliphatic carbocycles. The molecule has 1 aliphatic heterocycles. The van der Waals surface area contributed by atoms with Crippen molar-refractivity contribution in [1.29, 1.82) is 0 Å². The highest BCUT2D eigenvalue weighted by Crippen LogP contribution is 2.31. The van der Waals surface area contributed by atoms with Gasteiger partial charge in [0.25, 0.3) is 0 Å². The second-order valence-corrected chi connectivity index (χ2v) is 9.05. The van der Waals surface area contributed by atoms with Gasteiger partial charge in [-0.3, -0.25) is 4.99 Å². The normalized spacial score (nSPS) is 12.7. The van der Waals surface area contributed by atoms with E-state index in [-0.39, 0.29) is 6.10 Å². The Bertz CT molecular complexity index is 1590. The number of anilines is 2. The summed E-state index contributed by atoms with van der Waals surface area (Å²) in [5, 5.41) is 4.86. The van der Waals surface area contributed by atoms with Crippen LogP contribution < -0.4 is 15.4 Å². The lowest BCUT2D eigenvalue weighted by molar-refractivity contribution is 0.0340. The number of aromatic nitrogens is 3. The second kappa shape index (κ2) is 11.6. The summed E-state index contributed by atoms with van der Waals surface area (Å²) in [5.41, 5.74) is 5.98. The number of pyridine rings is 1. The number of hydrogen-bond acceptors (Lipinski definition) is 7. The first-order valence-corrected chi connectivity index (χ1v) is 12.5. The molecule has 8 nitrogen and oxygen atoms in total. The van der Waals surface area contributed by atoms with Gasteiger partial charge in [0.15, 0.2) is 0 Å². The molecular weight excluding hydrogens is 502 g/mol. The number of ether oxygens (including phenoxy) is 3. The van der Waals surface area contributed by atoms with E-state index in [1.165, 1.54) is 0 Å². The predicted molar refractivity (Wildman–Crippen MR) is 150 cm³/mol. The molecule has 0 saturated carbocycles. The molecule has 0 amide bonds. The van der Waals surface area contributed by atoms with Gasteiger partial charge in [-0.1, -0.05) is 23.7 Å². The molecule has 2 aromatic carbocycles. The third-order valence-electron chi connectivity index (χ3n) is 6.17. The minimum absolute atomic E-state index is 0.186. The first kappa shape index (κ1) is 25.7. The number of benzene rings is 3. The van der Waals surface area contributed by atoms with E-state index in [0.717, 1.165) is 44.8 Å². The zero-order chi connectivity index (χ0) is 26.5. The Labute approximate surface area is 225 Å². The summed E-state index contributed by atoms with van der Waals surface area (Å²) in [6.45, 7) is 0.848. The monoisotopic (exact) mass is 529 g/mol. The third kappa shape index (κ3) is 5.33. The third-order valence-corrected chi connectivity index (χ3v) is 6.42. The Kier molecular flexibility index (Phi) is 7.83. The Morgan fingerprint density at radius 2 is 1.79 bits per heavy atom. The van der Waals surface area contributed by atoms with Crippen molar-refractivity contribution < 1.29 is 14.2 Å². The van der Waals surface area contributed by atoms with Crippen LogP contribution in [0.25, 0.3) is 28.1 Å². The summed E-state index contributed by atoms with van der Waals surface area (Å²) in [6.07, 6.45) is 1.50. The molecule has 5 rings (SSSR count). The van der Waals surface area contributed by atoms with Crippen LogP contribution in [0, 0.1) is 0 Å². The minimum Gasteiger partial charge on any atom is -0.480 e. The van der Waals surface area contributed by atoms with E-state index < -0.39 is 0 Å². The average Bonchev–Trinajstić information content (AvgIpc) is 2.95. The van der Waals surface area contributed by atoms with E-state index in [4.69, 9.17) is 35.8 Å². The van der Waals surface area contributed by atoms with Crippen LogP contribution in [0.4, 0.5) is 11.4 Å². The summed E-state index contributed by atoms with van der Waals surface area (Å²) < 4.78 is 18.5. The first-order valence-electron chi connectivity index (χ1n) is 12.1. The number of nitrogens with zero attached hydrogens (tertiary/aromatic N) is 4. The molecule has 1 N–H and O–H groups in total. The molecular formula is C29H28ClN5O3. The highest BCUT2D eigenvalue weighted by molar-refractivity contribution is 6.30. The summed E-state index contributed by atoms with van der Waals surface area (Å²) in [4.78, 5) is 14.2. The highest BCUT2D eigenvalue weighted by Gasteiger charge is 2.18. The van der Waals surface area contributed by atoms with E-state index >= 15 is 0 Å². The van der Waals surface area contributed by atoms with E-state index in [2.05, 4.69) is 20.9 Å². The van der Waals surface area contributed by atoms with E-state index in [0.29, 0.717) is 24.1 Å². The van der Waals surface area contributed by atoms with Crippen molar-refractivity contribution in [1.82, 2.24) is 14.5 Å². The topological polar surface area (TPSA) is 82.8 Å². The van der Waals surface area contributed by atoms with E-state index in [1.807, 2.05) is 66.7 Å². The number of halogens is 1. The molecule has 9 heteroatoms. The Balaban J connectivity index is 1.76. The summed E-state index contributed by atoms with van der Waals surface area (Å²) >= 11 is 6.21. The SMILES string of the molecule is COCC(CN=c1cc2n(-c3ccc(Cl)cc3)c3ccccc3nc-2cc1Nc1cccnc1OC)OC. The molecule has 1 unspecified atom stereocenters. The highest BCUT2D eigenvalue weighted by atomic mass is 35.5. The molecule has 2 aliphatic rings. The van der Waals surface area contributed by atoms with Crippen molar-refractivity contribution in [3.63, 3.8) is 0 Å². The molecule has 38 heavy (non-hydrogen) atoms. The molecule has 1 atom stereocenters. The van der Waals surface area contributed by atoms with Crippen molar-refractivity contribution in [2.45, 2.75) is 6.10 Å². The van der Waals surface area contributed by atoms with Gasteiger partial charge < -0.3 is 24.1 Å². The van der Waals surface area contributed by atoms with Gasteiger partial charge in [-0.15, -0.1) is 0 Å². The number of methoxy groups -OCH3 is 3. The summed E-state index contributed by atoms with van der Waals surface area (Å²) in [5.74, 6) is 0.482. The van der Waals surface area contributed by atoms with Crippen molar-refractivity contribution in [3.05, 3.63) is 89.4 Å². The smallest absolute Gasteiger partial charge is 0.237 e. The average molecular weight is 530 g/mol. The Morgan fingerprint density at radius 1 is 0.974 bits per heavy atom. The second-order valence-electron chi connectivity index (χ2n) is 8.61. The van der Waals surface area contributed by atoms with Crippen LogP contribution in [-0.4, -0.2) is 55.1 Å². The number of para-hydroxylation sites is 2. The molecule has 0 radical (unpaired) electrons. The Hall–Kier alpha value is -3.98. The fourth-order valence-corrected chi connectivity index (χ4v) is 4.44. The maximum absolute atomic E-state index is 6.21. The van der Waals surface area contributed by atoms with E-state index in [9.17, 15) is 0 Å². The fourth-order valence-electron chi connectivity index (χ4n) is 4.32. The van der Waals surface area contributed by atoms with Gasteiger partial charge in [0, 0.05) is 31.1 Å². The number of nitrogens with one attached hydrogen (secondary N) is 1. The van der Waals surface area contributed by atoms with Crippen molar-refractivity contribution in [2.24, 2.45) is 4.99 Å². The minimum atomic E-state index is -0.186. The number of hydrogen-bond donors (Lipinski definition) is 1. The summed E-state index contributed by atoms with van der Waals surface area (Å²) in [6, 6.07) is 23.6. The van der Waals surface area contributed by atoms with Gasteiger partial charge in [0.2, 0.25) is 5.88 Å². The van der Waals surface area contributed by atoms with Gasteiger partial charge >= 0.3 is 0 Å². The lowest BCUT2D eigenvalue weighted by Crippen LogP contribution is -2.23. The molecule has 0 bridgehead atoms. The van der Waals surface area contributed by atoms with Crippen LogP contribution in [0.3, 0.4) is 0 Å². The molecule has 3 aromatic rings. The zero-order valence-electron chi connectivity index (χ0n) is 21.4. The van der Waals surface area contributed by atoms with Crippen LogP contribution in [0.5, 0.6) is 5.88 Å². The predicted octanol–water partition coefficient (Wildman–Crippen LogP) is 5.49. The first-order chi connectivity index (χ1) is 18.6. The van der Waals surface area contributed by atoms with Gasteiger partial charge in [-0.05, 0) is 60.7 Å². The van der Waals surface area contributed by atoms with Crippen LogP contribution >= 0.6 is 11.6 Å². The number of rotatable bonds is 9. The molecule has 194 valence electrons. The van der Waals surface area contributed by atoms with Crippen LogP contribution in [0.2, 0.25) is 5.02 Å². The molecule has 0 fully saturated rings. The van der Waals surface area contributed by atoms with E-state index in [1.54, 1.807) is 27.5 Å². The van der Waals surface area contributed by atoms with Crippen molar-refractivity contribution in [2.75, 3.05) is 39.8 Å². The maximum atomic E-state index is 6.21. The maximum Gasteiger partial charge on any atom is 0.237 e. The van der Waals surface area contributed by atoms with Crippen LogP contribution in [-0.2, 0) is 9.47 Å². The molecule has 0 spiro atoms. The van der Waals surface area contributed by atoms with Crippen molar-refractivity contribution in [3.8, 4) is 23.0 Å². The Morgan fingerprint density at radius 3 is 2.55 bits per heavy atom. The van der Waals surface area contributed by atoms with Gasteiger partial charge in [0.05, 0.1) is 59.8 Å². The summed E-state index contributed by atoms with van der Waals surface area (Å²) in [7, 11) is 4.90. The molecule has 0 saturated heterocycles. The van der Waals surface area contributed by atoms with Gasteiger partial charge in [-0.25, -0.2) is 9.97 Å².